The monoisotopic (exact) mass is 192 g/mol. The Bertz CT molecular complexity index is 296. The Balaban J connectivity index is 1.93. The zero-order valence-electron chi connectivity index (χ0n) is 8.19. The molecule has 0 atom stereocenters. The molecule has 0 spiro atoms. The van der Waals surface area contributed by atoms with Gasteiger partial charge in [-0.2, -0.15) is 5.10 Å². The molecule has 1 aliphatic rings. The van der Waals surface area contributed by atoms with Gasteiger partial charge in [-0.15, -0.1) is 0 Å². The van der Waals surface area contributed by atoms with E-state index in [-0.39, 0.29) is 0 Å². The molecule has 1 heterocycles. The van der Waals surface area contributed by atoms with E-state index in [0.29, 0.717) is 17.8 Å². The van der Waals surface area contributed by atoms with Crippen molar-refractivity contribution in [1.29, 1.82) is 5.41 Å². The highest BCUT2D eigenvalue weighted by Gasteiger charge is 2.23. The number of nitrogens with two attached hydrogens (primary N) is 1. The molecule has 14 heavy (non-hydrogen) atoms. The maximum Gasteiger partial charge on any atom is 0.0936 e. The summed E-state index contributed by atoms with van der Waals surface area (Å²) in [4.78, 5) is 0. The second-order valence-electron chi connectivity index (χ2n) is 3.95. The van der Waals surface area contributed by atoms with Crippen molar-refractivity contribution in [2.45, 2.75) is 31.7 Å². The lowest BCUT2D eigenvalue weighted by Crippen LogP contribution is -2.28. The fraction of sp³-hybridized carbons (Fsp3) is 0.600. The summed E-state index contributed by atoms with van der Waals surface area (Å²) in [6.07, 6.45) is 8.06. The molecule has 1 aliphatic carbocycles. The third-order valence-electron chi connectivity index (χ3n) is 3.04. The van der Waals surface area contributed by atoms with Gasteiger partial charge >= 0.3 is 0 Å². The molecule has 2 rings (SSSR count). The van der Waals surface area contributed by atoms with Crippen LogP contribution in [0.5, 0.6) is 0 Å². The van der Waals surface area contributed by atoms with Crippen LogP contribution in [0.4, 0.5) is 0 Å². The van der Waals surface area contributed by atoms with Gasteiger partial charge in [0.2, 0.25) is 0 Å². The Hall–Kier alpha value is -1.32. The summed E-state index contributed by atoms with van der Waals surface area (Å²) in [6, 6.07) is 2.47. The minimum Gasteiger partial charge on any atom is -0.387 e. The van der Waals surface area contributed by atoms with E-state index in [9.17, 15) is 0 Å². The van der Waals surface area contributed by atoms with E-state index in [1.54, 1.807) is 0 Å². The standard InChI is InChI=1S/C10H16N4/c11-10(12)8-2-4-9(5-3-8)14-7-1-6-13-14/h1,6-9H,2-5H2,(H3,11,12). The van der Waals surface area contributed by atoms with Gasteiger partial charge in [0.1, 0.15) is 0 Å². The maximum atomic E-state index is 7.38. The first-order valence-electron chi connectivity index (χ1n) is 5.10. The largest absolute Gasteiger partial charge is 0.387 e. The van der Waals surface area contributed by atoms with E-state index in [2.05, 4.69) is 5.10 Å². The smallest absolute Gasteiger partial charge is 0.0936 e. The topological polar surface area (TPSA) is 67.7 Å². The number of aromatic nitrogens is 2. The highest BCUT2D eigenvalue weighted by atomic mass is 15.3. The maximum absolute atomic E-state index is 7.38. The van der Waals surface area contributed by atoms with Crippen LogP contribution in [-0.2, 0) is 0 Å². The van der Waals surface area contributed by atoms with Crippen molar-refractivity contribution in [2.24, 2.45) is 11.7 Å². The SMILES string of the molecule is N=C(N)C1CCC(n2cccn2)CC1. The van der Waals surface area contributed by atoms with Crippen molar-refractivity contribution < 1.29 is 0 Å². The van der Waals surface area contributed by atoms with Gasteiger partial charge in [-0.1, -0.05) is 0 Å². The van der Waals surface area contributed by atoms with Gasteiger partial charge in [-0.05, 0) is 31.7 Å². The lowest BCUT2D eigenvalue weighted by molar-refractivity contribution is 0.299. The average Bonchev–Trinajstić information content (AvgIpc) is 2.71. The quantitative estimate of drug-likeness (QED) is 0.551. The Morgan fingerprint density at radius 2 is 2.07 bits per heavy atom. The van der Waals surface area contributed by atoms with Crippen molar-refractivity contribution in [2.75, 3.05) is 0 Å². The molecule has 3 N–H and O–H groups in total. The van der Waals surface area contributed by atoms with Crippen LogP contribution in [-0.4, -0.2) is 15.6 Å². The van der Waals surface area contributed by atoms with Crippen molar-refractivity contribution >= 4 is 5.84 Å². The van der Waals surface area contributed by atoms with Gasteiger partial charge in [0.25, 0.3) is 0 Å². The fourth-order valence-corrected chi connectivity index (χ4v) is 2.15. The number of hydrogen-bond acceptors (Lipinski definition) is 2. The highest BCUT2D eigenvalue weighted by Crippen LogP contribution is 2.31. The molecule has 1 fully saturated rings. The second kappa shape index (κ2) is 3.82. The second-order valence-corrected chi connectivity index (χ2v) is 3.95. The van der Waals surface area contributed by atoms with Crippen LogP contribution in [0.3, 0.4) is 0 Å². The minimum absolute atomic E-state index is 0.307. The third kappa shape index (κ3) is 1.78. The summed E-state index contributed by atoms with van der Waals surface area (Å²) in [6.45, 7) is 0. The minimum atomic E-state index is 0.307. The van der Waals surface area contributed by atoms with Crippen LogP contribution in [0.1, 0.15) is 31.7 Å². The molecule has 76 valence electrons. The number of amidine groups is 1. The van der Waals surface area contributed by atoms with Crippen molar-refractivity contribution in [1.82, 2.24) is 9.78 Å². The molecule has 0 aromatic carbocycles. The fourth-order valence-electron chi connectivity index (χ4n) is 2.15. The first-order valence-corrected chi connectivity index (χ1v) is 5.10. The molecule has 4 nitrogen and oxygen atoms in total. The number of nitrogens with one attached hydrogen (secondary N) is 1. The number of nitrogens with zero attached hydrogens (tertiary/aromatic N) is 2. The first-order chi connectivity index (χ1) is 6.77. The molecule has 1 aromatic heterocycles. The van der Waals surface area contributed by atoms with Gasteiger partial charge in [0.05, 0.1) is 11.9 Å². The zero-order valence-corrected chi connectivity index (χ0v) is 8.19. The molecule has 4 heteroatoms. The van der Waals surface area contributed by atoms with Crippen LogP contribution in [0.2, 0.25) is 0 Å². The molecule has 1 aromatic rings. The van der Waals surface area contributed by atoms with Gasteiger partial charge in [0.15, 0.2) is 0 Å². The van der Waals surface area contributed by atoms with Crippen LogP contribution >= 0.6 is 0 Å². The molecule has 0 unspecified atom stereocenters. The van der Waals surface area contributed by atoms with E-state index >= 15 is 0 Å². The zero-order chi connectivity index (χ0) is 9.97. The predicted molar refractivity (Wildman–Crippen MR) is 55.1 cm³/mol. The van der Waals surface area contributed by atoms with Crippen LogP contribution in [0.25, 0.3) is 0 Å². The van der Waals surface area contributed by atoms with Gasteiger partial charge in [-0.3, -0.25) is 10.1 Å². The van der Waals surface area contributed by atoms with Crippen molar-refractivity contribution in [3.05, 3.63) is 18.5 Å². The average molecular weight is 192 g/mol. The van der Waals surface area contributed by atoms with E-state index in [1.807, 2.05) is 23.1 Å². The first kappa shape index (κ1) is 9.24. The summed E-state index contributed by atoms with van der Waals surface area (Å²) < 4.78 is 2.02. The van der Waals surface area contributed by atoms with Crippen molar-refractivity contribution in [3.8, 4) is 0 Å². The molecule has 0 amide bonds. The Kier molecular flexibility index (Phi) is 2.52. The summed E-state index contributed by atoms with van der Waals surface area (Å²) in [5.41, 5.74) is 5.49. The van der Waals surface area contributed by atoms with E-state index in [4.69, 9.17) is 11.1 Å². The predicted octanol–water partition coefficient (Wildman–Crippen LogP) is 1.55. The summed E-state index contributed by atoms with van der Waals surface area (Å²) >= 11 is 0. The van der Waals surface area contributed by atoms with Gasteiger partial charge in [-0.25, -0.2) is 0 Å². The third-order valence-corrected chi connectivity index (χ3v) is 3.04. The molecule has 0 aliphatic heterocycles. The molecule has 1 saturated carbocycles. The molecule has 0 saturated heterocycles. The Labute approximate surface area is 83.6 Å². The van der Waals surface area contributed by atoms with E-state index in [1.165, 1.54) is 0 Å². The Morgan fingerprint density at radius 3 is 2.57 bits per heavy atom. The van der Waals surface area contributed by atoms with Crippen LogP contribution in [0, 0.1) is 11.3 Å². The highest BCUT2D eigenvalue weighted by molar-refractivity contribution is 5.79. The van der Waals surface area contributed by atoms with Crippen LogP contribution < -0.4 is 5.73 Å². The number of hydrogen-bond donors (Lipinski definition) is 2. The molecular weight excluding hydrogens is 176 g/mol. The summed E-state index contributed by atoms with van der Waals surface area (Å²) in [5.74, 6) is 0.658. The molecule has 0 radical (unpaired) electrons. The number of rotatable bonds is 2. The molecule has 0 bridgehead atoms. The lowest BCUT2D eigenvalue weighted by atomic mass is 9.85. The summed E-state index contributed by atoms with van der Waals surface area (Å²) in [5, 5.41) is 11.6. The normalized spacial score (nSPS) is 27.4. The lowest BCUT2D eigenvalue weighted by Gasteiger charge is -2.27. The van der Waals surface area contributed by atoms with E-state index < -0.39 is 0 Å². The summed E-state index contributed by atoms with van der Waals surface area (Å²) in [7, 11) is 0. The van der Waals surface area contributed by atoms with Gasteiger partial charge in [0, 0.05) is 18.3 Å². The Morgan fingerprint density at radius 1 is 1.36 bits per heavy atom. The molecular formula is C10H16N4. The van der Waals surface area contributed by atoms with Gasteiger partial charge < -0.3 is 5.73 Å². The van der Waals surface area contributed by atoms with E-state index in [0.717, 1.165) is 25.7 Å². The van der Waals surface area contributed by atoms with Crippen molar-refractivity contribution in [3.63, 3.8) is 0 Å². The van der Waals surface area contributed by atoms with Crippen LogP contribution in [0.15, 0.2) is 18.5 Å².